The Labute approximate surface area is 171 Å². The molecule has 1 N–H and O–H groups in total. The Balaban J connectivity index is 2.75. The fourth-order valence-electron chi connectivity index (χ4n) is 4.67. The summed E-state index contributed by atoms with van der Waals surface area (Å²) in [4.78, 5) is 2.50. The summed E-state index contributed by atoms with van der Waals surface area (Å²) >= 11 is 0. The molecule has 0 bridgehead atoms. The van der Waals surface area contributed by atoms with Gasteiger partial charge in [0.1, 0.15) is 5.82 Å². The van der Waals surface area contributed by atoms with E-state index in [1.807, 2.05) is 12.1 Å². The Morgan fingerprint density at radius 2 is 1.68 bits per heavy atom. The molecule has 2 rings (SSSR count). The number of hydrogen-bond donors (Lipinski definition) is 1. The number of rotatable bonds is 9. The van der Waals surface area contributed by atoms with Crippen molar-refractivity contribution >= 4 is 5.57 Å². The Bertz CT molecular complexity index is 698. The second-order valence-corrected chi connectivity index (χ2v) is 8.60. The van der Waals surface area contributed by atoms with E-state index in [1.54, 1.807) is 12.1 Å². The van der Waals surface area contributed by atoms with Crippen molar-refractivity contribution in [1.82, 2.24) is 10.2 Å². The molecule has 0 amide bonds. The van der Waals surface area contributed by atoms with Crippen LogP contribution in [0.3, 0.4) is 0 Å². The lowest BCUT2D eigenvalue weighted by Crippen LogP contribution is -2.46. The quantitative estimate of drug-likeness (QED) is 0.481. The van der Waals surface area contributed by atoms with Gasteiger partial charge in [-0.3, -0.25) is 0 Å². The molecule has 1 atom stereocenters. The smallest absolute Gasteiger partial charge is 0.123 e. The normalized spacial score (nSPS) is 17.9. The van der Waals surface area contributed by atoms with Crippen molar-refractivity contribution in [2.24, 2.45) is 11.8 Å². The maximum absolute atomic E-state index is 13.7. The SMILES string of the molecule is CCCCCC1=C(C(C)C)N(C)C(C(C)C)C(NCC)=C1c1ccc(F)cc1. The molecule has 1 unspecified atom stereocenters. The Morgan fingerprint density at radius 3 is 2.18 bits per heavy atom. The molecule has 0 fully saturated rings. The minimum Gasteiger partial charge on any atom is -0.386 e. The first-order valence-corrected chi connectivity index (χ1v) is 11.0. The summed E-state index contributed by atoms with van der Waals surface area (Å²) in [5.74, 6) is 0.741. The van der Waals surface area contributed by atoms with Crippen LogP contribution >= 0.6 is 0 Å². The largest absolute Gasteiger partial charge is 0.386 e. The van der Waals surface area contributed by atoms with Crippen LogP contribution in [0.1, 0.15) is 72.8 Å². The van der Waals surface area contributed by atoms with Crippen molar-refractivity contribution < 1.29 is 4.39 Å². The van der Waals surface area contributed by atoms with Gasteiger partial charge < -0.3 is 10.2 Å². The first-order valence-electron chi connectivity index (χ1n) is 11.0. The molecule has 1 aliphatic rings. The zero-order valence-corrected chi connectivity index (χ0v) is 18.9. The van der Waals surface area contributed by atoms with Crippen molar-refractivity contribution in [2.45, 2.75) is 73.3 Å². The van der Waals surface area contributed by atoms with Gasteiger partial charge >= 0.3 is 0 Å². The van der Waals surface area contributed by atoms with Gasteiger partial charge in [0.2, 0.25) is 0 Å². The monoisotopic (exact) mass is 386 g/mol. The van der Waals surface area contributed by atoms with Gasteiger partial charge in [0, 0.05) is 30.6 Å². The van der Waals surface area contributed by atoms with Gasteiger partial charge in [0.15, 0.2) is 0 Å². The number of unbranched alkanes of at least 4 members (excludes halogenated alkanes) is 2. The van der Waals surface area contributed by atoms with Gasteiger partial charge in [-0.25, -0.2) is 4.39 Å². The van der Waals surface area contributed by atoms with Crippen LogP contribution in [0.2, 0.25) is 0 Å². The lowest BCUT2D eigenvalue weighted by Gasteiger charge is -2.45. The lowest BCUT2D eigenvalue weighted by atomic mass is 9.80. The second-order valence-electron chi connectivity index (χ2n) is 8.60. The average Bonchev–Trinajstić information content (AvgIpc) is 2.62. The summed E-state index contributed by atoms with van der Waals surface area (Å²) in [6.07, 6.45) is 4.70. The fraction of sp³-hybridized carbons (Fsp3) is 0.600. The van der Waals surface area contributed by atoms with E-state index in [0.717, 1.165) is 18.5 Å². The van der Waals surface area contributed by atoms with Crippen LogP contribution in [0.4, 0.5) is 4.39 Å². The van der Waals surface area contributed by atoms with Crippen LogP contribution in [0.5, 0.6) is 0 Å². The Hall–Kier alpha value is -1.77. The maximum atomic E-state index is 13.7. The first-order chi connectivity index (χ1) is 13.3. The molecule has 156 valence electrons. The van der Waals surface area contributed by atoms with Crippen molar-refractivity contribution in [1.29, 1.82) is 0 Å². The van der Waals surface area contributed by atoms with Gasteiger partial charge in [-0.2, -0.15) is 0 Å². The van der Waals surface area contributed by atoms with Crippen molar-refractivity contribution in [3.8, 4) is 0 Å². The van der Waals surface area contributed by atoms with E-state index in [-0.39, 0.29) is 5.82 Å². The predicted molar refractivity (Wildman–Crippen MR) is 119 cm³/mol. The molecule has 1 aromatic rings. The molecule has 1 aliphatic heterocycles. The van der Waals surface area contributed by atoms with Crippen LogP contribution in [-0.2, 0) is 0 Å². The Kier molecular flexibility index (Phi) is 8.15. The van der Waals surface area contributed by atoms with Gasteiger partial charge in [-0.15, -0.1) is 0 Å². The minimum absolute atomic E-state index is 0.178. The van der Waals surface area contributed by atoms with E-state index < -0.39 is 0 Å². The fourth-order valence-corrected chi connectivity index (χ4v) is 4.67. The Morgan fingerprint density at radius 1 is 1.04 bits per heavy atom. The van der Waals surface area contributed by atoms with Crippen LogP contribution < -0.4 is 5.32 Å². The van der Waals surface area contributed by atoms with E-state index in [4.69, 9.17) is 0 Å². The number of nitrogens with zero attached hydrogens (tertiary/aromatic N) is 1. The van der Waals surface area contributed by atoms with Crippen LogP contribution in [0.25, 0.3) is 5.57 Å². The molecule has 1 aromatic carbocycles. The molecule has 0 radical (unpaired) electrons. The molecule has 2 nitrogen and oxygen atoms in total. The summed E-state index contributed by atoms with van der Waals surface area (Å²) in [7, 11) is 2.25. The number of benzene rings is 1. The third kappa shape index (κ3) is 4.79. The second kappa shape index (κ2) is 10.1. The molecule has 0 spiro atoms. The van der Waals surface area contributed by atoms with E-state index in [0.29, 0.717) is 17.9 Å². The first kappa shape index (κ1) is 22.5. The third-order valence-corrected chi connectivity index (χ3v) is 5.68. The lowest BCUT2D eigenvalue weighted by molar-refractivity contribution is 0.238. The number of likely N-dealkylation sites (N-methyl/N-ethyl adjacent to an activating group) is 2. The minimum atomic E-state index is -0.178. The number of halogens is 1. The molecular formula is C25H39FN2. The van der Waals surface area contributed by atoms with Gasteiger partial charge in [0.05, 0.1) is 6.04 Å². The summed E-state index contributed by atoms with van der Waals surface area (Å²) < 4.78 is 13.7. The number of hydrogen-bond acceptors (Lipinski definition) is 2. The van der Waals surface area contributed by atoms with Crippen LogP contribution in [0, 0.1) is 17.7 Å². The van der Waals surface area contributed by atoms with Crippen LogP contribution in [-0.4, -0.2) is 24.5 Å². The zero-order valence-electron chi connectivity index (χ0n) is 18.9. The highest BCUT2D eigenvalue weighted by Gasteiger charge is 2.35. The van der Waals surface area contributed by atoms with E-state index in [2.05, 4.69) is 58.8 Å². The zero-order chi connectivity index (χ0) is 20.8. The summed E-state index contributed by atoms with van der Waals surface area (Å²) in [5.41, 5.74) is 6.60. The summed E-state index contributed by atoms with van der Waals surface area (Å²) in [6.45, 7) is 14.5. The molecule has 1 heterocycles. The van der Waals surface area contributed by atoms with E-state index in [9.17, 15) is 4.39 Å². The predicted octanol–water partition coefficient (Wildman–Crippen LogP) is 6.61. The molecule has 28 heavy (non-hydrogen) atoms. The summed E-state index contributed by atoms with van der Waals surface area (Å²) in [6, 6.07) is 7.37. The topological polar surface area (TPSA) is 15.3 Å². The van der Waals surface area contributed by atoms with Crippen molar-refractivity contribution in [3.05, 3.63) is 52.6 Å². The van der Waals surface area contributed by atoms with E-state index >= 15 is 0 Å². The van der Waals surface area contributed by atoms with Crippen LogP contribution in [0.15, 0.2) is 41.2 Å². The molecule has 3 heteroatoms. The molecule has 0 saturated heterocycles. The molecule has 0 aromatic heterocycles. The maximum Gasteiger partial charge on any atom is 0.123 e. The van der Waals surface area contributed by atoms with Crippen molar-refractivity contribution in [3.63, 3.8) is 0 Å². The number of allylic oxidation sites excluding steroid dienone is 3. The standard InChI is InChI=1S/C25H39FN2/c1-8-10-11-12-21-22(19-13-15-20(26)16-14-19)23(27-9-2)25(18(5)6)28(7)24(21)17(3)4/h13-18,25,27H,8-12H2,1-7H3. The van der Waals surface area contributed by atoms with Gasteiger partial charge in [-0.1, -0.05) is 59.6 Å². The van der Waals surface area contributed by atoms with E-state index in [1.165, 1.54) is 41.8 Å². The molecular weight excluding hydrogens is 347 g/mol. The van der Waals surface area contributed by atoms with Crippen molar-refractivity contribution in [2.75, 3.05) is 13.6 Å². The molecule has 0 saturated carbocycles. The highest BCUT2D eigenvalue weighted by Crippen LogP contribution is 2.43. The number of nitrogens with one attached hydrogen (secondary N) is 1. The van der Waals surface area contributed by atoms with Gasteiger partial charge in [-0.05, 0) is 54.9 Å². The van der Waals surface area contributed by atoms with Gasteiger partial charge in [0.25, 0.3) is 0 Å². The highest BCUT2D eigenvalue weighted by molar-refractivity contribution is 5.84. The summed E-state index contributed by atoms with van der Waals surface area (Å²) in [5, 5.41) is 3.70. The average molecular weight is 387 g/mol. The highest BCUT2D eigenvalue weighted by atomic mass is 19.1. The molecule has 0 aliphatic carbocycles. The third-order valence-electron chi connectivity index (χ3n) is 5.68.